The molecule has 0 bridgehead atoms. The maximum absolute atomic E-state index is 13.4. The lowest BCUT2D eigenvalue weighted by atomic mass is 9.83. The minimum absolute atomic E-state index is 0.118. The van der Waals surface area contributed by atoms with Crippen LogP contribution in [0.4, 0.5) is 10.1 Å². The zero-order valence-electron chi connectivity index (χ0n) is 8.68. The van der Waals surface area contributed by atoms with Crippen molar-refractivity contribution >= 4 is 5.69 Å². The van der Waals surface area contributed by atoms with E-state index in [0.717, 1.165) is 24.2 Å². The zero-order valence-corrected chi connectivity index (χ0v) is 8.68. The summed E-state index contributed by atoms with van der Waals surface area (Å²) in [5, 5.41) is 3.14. The first-order valence-corrected chi connectivity index (χ1v) is 5.22. The number of halogens is 1. The van der Waals surface area contributed by atoms with Gasteiger partial charge in [-0.25, -0.2) is 4.39 Å². The highest BCUT2D eigenvalue weighted by molar-refractivity contribution is 5.56. The van der Waals surface area contributed by atoms with Crippen LogP contribution >= 0.6 is 0 Å². The van der Waals surface area contributed by atoms with Crippen molar-refractivity contribution in [2.24, 2.45) is 5.92 Å². The van der Waals surface area contributed by atoms with Crippen LogP contribution in [0.2, 0.25) is 0 Å². The Morgan fingerprint density at radius 1 is 1.43 bits per heavy atom. The second-order valence-electron chi connectivity index (χ2n) is 4.27. The van der Waals surface area contributed by atoms with Gasteiger partial charge in [0.05, 0.1) is 5.69 Å². The zero-order chi connectivity index (χ0) is 10.1. The lowest BCUT2D eigenvalue weighted by molar-refractivity contribution is 0.465. The Labute approximate surface area is 84.3 Å². The van der Waals surface area contributed by atoms with Crippen molar-refractivity contribution in [3.63, 3.8) is 0 Å². The molecule has 2 heteroatoms. The summed E-state index contributed by atoms with van der Waals surface area (Å²) in [6.45, 7) is 5.28. The van der Waals surface area contributed by atoms with Crippen molar-refractivity contribution in [2.75, 3.05) is 11.9 Å². The maximum atomic E-state index is 13.4. The van der Waals surface area contributed by atoms with Gasteiger partial charge < -0.3 is 5.32 Å². The smallest absolute Gasteiger partial charge is 0.146 e. The number of hydrogen-bond donors (Lipinski definition) is 1. The molecule has 0 aliphatic carbocycles. The van der Waals surface area contributed by atoms with Crippen LogP contribution in [0.5, 0.6) is 0 Å². The van der Waals surface area contributed by atoms with E-state index in [1.807, 2.05) is 6.07 Å². The largest absolute Gasteiger partial charge is 0.382 e. The van der Waals surface area contributed by atoms with E-state index < -0.39 is 0 Å². The van der Waals surface area contributed by atoms with Crippen LogP contribution in [0.25, 0.3) is 0 Å². The van der Waals surface area contributed by atoms with E-state index in [4.69, 9.17) is 0 Å². The van der Waals surface area contributed by atoms with Crippen LogP contribution in [0.3, 0.4) is 0 Å². The summed E-state index contributed by atoms with van der Waals surface area (Å²) in [7, 11) is 0. The maximum Gasteiger partial charge on any atom is 0.146 e. The van der Waals surface area contributed by atoms with E-state index in [0.29, 0.717) is 11.8 Å². The van der Waals surface area contributed by atoms with Gasteiger partial charge in [-0.15, -0.1) is 0 Å². The van der Waals surface area contributed by atoms with Gasteiger partial charge >= 0.3 is 0 Å². The van der Waals surface area contributed by atoms with Crippen molar-refractivity contribution < 1.29 is 4.39 Å². The van der Waals surface area contributed by atoms with Crippen LogP contribution in [0, 0.1) is 11.7 Å². The highest BCUT2D eigenvalue weighted by Gasteiger charge is 2.24. The van der Waals surface area contributed by atoms with E-state index in [9.17, 15) is 4.39 Å². The topological polar surface area (TPSA) is 12.0 Å². The summed E-state index contributed by atoms with van der Waals surface area (Å²) in [5.74, 6) is 0.965. The molecule has 0 aromatic heterocycles. The molecule has 1 aliphatic heterocycles. The lowest BCUT2D eigenvalue weighted by Gasteiger charge is -2.29. The average Bonchev–Trinajstić information content (AvgIpc) is 2.17. The molecule has 0 fully saturated rings. The lowest BCUT2D eigenvalue weighted by Crippen LogP contribution is -2.21. The van der Waals surface area contributed by atoms with Gasteiger partial charge in [0, 0.05) is 6.54 Å². The molecule has 1 aromatic rings. The quantitative estimate of drug-likeness (QED) is 0.721. The summed E-state index contributed by atoms with van der Waals surface area (Å²) in [5.41, 5.74) is 1.86. The van der Waals surface area contributed by atoms with Crippen LogP contribution in [-0.4, -0.2) is 6.54 Å². The number of para-hydroxylation sites is 1. The molecule has 14 heavy (non-hydrogen) atoms. The normalized spacial score (nSPS) is 20.4. The van der Waals surface area contributed by atoms with E-state index in [1.165, 1.54) is 6.07 Å². The highest BCUT2D eigenvalue weighted by Crippen LogP contribution is 2.37. The third-order valence-corrected chi connectivity index (χ3v) is 3.01. The predicted molar refractivity (Wildman–Crippen MR) is 57.1 cm³/mol. The Bertz CT molecular complexity index is 333. The Morgan fingerprint density at radius 3 is 2.93 bits per heavy atom. The first-order valence-electron chi connectivity index (χ1n) is 5.22. The Kier molecular flexibility index (Phi) is 2.44. The van der Waals surface area contributed by atoms with Gasteiger partial charge in [0.1, 0.15) is 5.82 Å². The van der Waals surface area contributed by atoms with E-state index in [2.05, 4.69) is 19.2 Å². The first kappa shape index (κ1) is 9.50. The molecule has 0 amide bonds. The fourth-order valence-electron chi connectivity index (χ4n) is 2.24. The van der Waals surface area contributed by atoms with Crippen LogP contribution in [0.1, 0.15) is 31.7 Å². The summed E-state index contributed by atoms with van der Waals surface area (Å²) >= 11 is 0. The number of hydrogen-bond acceptors (Lipinski definition) is 1. The van der Waals surface area contributed by atoms with Crippen LogP contribution in [-0.2, 0) is 0 Å². The molecule has 1 atom stereocenters. The van der Waals surface area contributed by atoms with Crippen LogP contribution in [0.15, 0.2) is 18.2 Å². The predicted octanol–water partition coefficient (Wildman–Crippen LogP) is 3.38. The molecule has 1 unspecified atom stereocenters. The molecule has 1 nitrogen and oxygen atoms in total. The number of rotatable bonds is 1. The summed E-state index contributed by atoms with van der Waals surface area (Å²) in [4.78, 5) is 0. The van der Waals surface area contributed by atoms with Gasteiger partial charge in [-0.2, -0.15) is 0 Å². The van der Waals surface area contributed by atoms with Gasteiger partial charge in [-0.05, 0) is 29.9 Å². The van der Waals surface area contributed by atoms with E-state index in [-0.39, 0.29) is 5.82 Å². The third kappa shape index (κ3) is 1.49. The van der Waals surface area contributed by atoms with Crippen molar-refractivity contribution in [1.82, 2.24) is 0 Å². The Hall–Kier alpha value is -1.05. The fraction of sp³-hybridized carbons (Fsp3) is 0.500. The molecule has 0 saturated carbocycles. The molecular weight excluding hydrogens is 177 g/mol. The monoisotopic (exact) mass is 193 g/mol. The standard InChI is InChI=1S/C12H16FN/c1-8(2)9-6-7-14-12-10(9)4-3-5-11(12)13/h3-5,8-9,14H,6-7H2,1-2H3. The molecule has 1 aromatic carbocycles. The van der Waals surface area contributed by atoms with Crippen molar-refractivity contribution in [2.45, 2.75) is 26.2 Å². The molecule has 1 aliphatic rings. The summed E-state index contributed by atoms with van der Waals surface area (Å²) < 4.78 is 13.4. The fourth-order valence-corrected chi connectivity index (χ4v) is 2.24. The molecule has 0 spiro atoms. The Morgan fingerprint density at radius 2 is 2.21 bits per heavy atom. The number of fused-ring (bicyclic) bond motifs is 1. The molecular formula is C12H16FN. The minimum Gasteiger partial charge on any atom is -0.382 e. The molecule has 0 radical (unpaired) electrons. The molecule has 2 rings (SSSR count). The van der Waals surface area contributed by atoms with Gasteiger partial charge in [0.15, 0.2) is 0 Å². The minimum atomic E-state index is -0.118. The first-order chi connectivity index (χ1) is 6.70. The second-order valence-corrected chi connectivity index (χ2v) is 4.27. The highest BCUT2D eigenvalue weighted by atomic mass is 19.1. The summed E-state index contributed by atoms with van der Waals surface area (Å²) in [6.07, 6.45) is 1.11. The number of benzene rings is 1. The van der Waals surface area contributed by atoms with Gasteiger partial charge in [0.25, 0.3) is 0 Å². The molecule has 0 saturated heterocycles. The number of nitrogens with one attached hydrogen (secondary N) is 1. The van der Waals surface area contributed by atoms with Crippen molar-refractivity contribution in [1.29, 1.82) is 0 Å². The van der Waals surface area contributed by atoms with Gasteiger partial charge in [-0.1, -0.05) is 26.0 Å². The Balaban J connectivity index is 2.44. The van der Waals surface area contributed by atoms with Crippen LogP contribution < -0.4 is 5.32 Å². The van der Waals surface area contributed by atoms with Crippen molar-refractivity contribution in [3.05, 3.63) is 29.6 Å². The van der Waals surface area contributed by atoms with E-state index in [1.54, 1.807) is 6.07 Å². The molecule has 1 heterocycles. The molecule has 76 valence electrons. The number of anilines is 1. The van der Waals surface area contributed by atoms with E-state index >= 15 is 0 Å². The molecule has 1 N–H and O–H groups in total. The second kappa shape index (κ2) is 3.60. The SMILES string of the molecule is CC(C)C1CCNc2c(F)cccc21. The van der Waals surface area contributed by atoms with Gasteiger partial charge in [-0.3, -0.25) is 0 Å². The van der Waals surface area contributed by atoms with Crippen molar-refractivity contribution in [3.8, 4) is 0 Å². The third-order valence-electron chi connectivity index (χ3n) is 3.01. The average molecular weight is 193 g/mol. The van der Waals surface area contributed by atoms with Gasteiger partial charge in [0.2, 0.25) is 0 Å². The summed E-state index contributed by atoms with van der Waals surface area (Å²) in [6, 6.07) is 5.36.